The maximum atomic E-state index is 4.36. The van der Waals surface area contributed by atoms with Gasteiger partial charge in [-0.1, -0.05) is 18.2 Å². The van der Waals surface area contributed by atoms with Crippen molar-refractivity contribution in [3.05, 3.63) is 71.1 Å². The Kier molecular flexibility index (Phi) is 3.78. The summed E-state index contributed by atoms with van der Waals surface area (Å²) < 4.78 is 2.84. The monoisotopic (exact) mass is 328 g/mol. The SMILES string of the molecule is Brc1ccc(NCc2cnn(-c3ccccc3)c2)nc1. The molecule has 5 heteroatoms. The summed E-state index contributed by atoms with van der Waals surface area (Å²) in [5, 5.41) is 7.63. The van der Waals surface area contributed by atoms with Gasteiger partial charge in [-0.15, -0.1) is 0 Å². The van der Waals surface area contributed by atoms with Gasteiger partial charge < -0.3 is 5.32 Å². The molecule has 0 fully saturated rings. The number of halogens is 1. The van der Waals surface area contributed by atoms with Crippen LogP contribution in [-0.2, 0) is 6.54 Å². The average molecular weight is 329 g/mol. The molecule has 0 spiro atoms. The number of benzene rings is 1. The highest BCUT2D eigenvalue weighted by atomic mass is 79.9. The second-order valence-corrected chi connectivity index (χ2v) is 5.26. The van der Waals surface area contributed by atoms with Gasteiger partial charge >= 0.3 is 0 Å². The molecular formula is C15H13BrN4. The van der Waals surface area contributed by atoms with Crippen LogP contribution in [0.1, 0.15) is 5.56 Å². The zero-order chi connectivity index (χ0) is 13.8. The maximum absolute atomic E-state index is 4.36. The Balaban J connectivity index is 1.67. The Morgan fingerprint density at radius 3 is 2.65 bits per heavy atom. The van der Waals surface area contributed by atoms with E-state index < -0.39 is 0 Å². The number of nitrogens with one attached hydrogen (secondary N) is 1. The number of pyridine rings is 1. The summed E-state index contributed by atoms with van der Waals surface area (Å²) in [6.45, 7) is 0.696. The van der Waals surface area contributed by atoms with Crippen molar-refractivity contribution in [2.45, 2.75) is 6.54 Å². The van der Waals surface area contributed by atoms with Gasteiger partial charge in [0.15, 0.2) is 0 Å². The zero-order valence-electron chi connectivity index (χ0n) is 10.7. The third kappa shape index (κ3) is 3.05. The van der Waals surface area contributed by atoms with E-state index in [0.717, 1.165) is 21.5 Å². The van der Waals surface area contributed by atoms with Crippen molar-refractivity contribution < 1.29 is 0 Å². The van der Waals surface area contributed by atoms with Gasteiger partial charge in [-0.3, -0.25) is 0 Å². The van der Waals surface area contributed by atoms with Crippen molar-refractivity contribution in [1.29, 1.82) is 0 Å². The highest BCUT2D eigenvalue weighted by Crippen LogP contribution is 2.12. The van der Waals surface area contributed by atoms with Crippen molar-refractivity contribution >= 4 is 21.7 Å². The van der Waals surface area contributed by atoms with E-state index in [4.69, 9.17) is 0 Å². The van der Waals surface area contributed by atoms with Crippen LogP contribution < -0.4 is 5.32 Å². The zero-order valence-corrected chi connectivity index (χ0v) is 12.3. The fourth-order valence-corrected chi connectivity index (χ4v) is 2.08. The third-order valence-electron chi connectivity index (χ3n) is 2.86. The van der Waals surface area contributed by atoms with Crippen molar-refractivity contribution in [3.8, 4) is 5.69 Å². The van der Waals surface area contributed by atoms with E-state index in [2.05, 4.69) is 31.3 Å². The molecule has 2 heterocycles. The molecule has 0 atom stereocenters. The van der Waals surface area contributed by atoms with Gasteiger partial charge in [0.1, 0.15) is 5.82 Å². The molecule has 0 bridgehead atoms. The van der Waals surface area contributed by atoms with Gasteiger partial charge in [0.25, 0.3) is 0 Å². The molecule has 0 unspecified atom stereocenters. The molecule has 0 aliphatic heterocycles. The topological polar surface area (TPSA) is 42.7 Å². The quantitative estimate of drug-likeness (QED) is 0.795. The second-order valence-electron chi connectivity index (χ2n) is 4.34. The van der Waals surface area contributed by atoms with E-state index in [1.165, 1.54) is 0 Å². The third-order valence-corrected chi connectivity index (χ3v) is 3.33. The largest absolute Gasteiger partial charge is 0.366 e. The minimum absolute atomic E-state index is 0.696. The van der Waals surface area contributed by atoms with Crippen LogP contribution in [0.25, 0.3) is 5.69 Å². The molecule has 4 nitrogen and oxygen atoms in total. The van der Waals surface area contributed by atoms with Crippen molar-refractivity contribution in [1.82, 2.24) is 14.8 Å². The van der Waals surface area contributed by atoms with Crippen molar-refractivity contribution in [2.75, 3.05) is 5.32 Å². The van der Waals surface area contributed by atoms with Gasteiger partial charge in [-0.05, 0) is 40.2 Å². The molecule has 1 N–H and O–H groups in total. The van der Waals surface area contributed by atoms with Gasteiger partial charge in [-0.25, -0.2) is 9.67 Å². The molecule has 0 saturated carbocycles. The van der Waals surface area contributed by atoms with E-state index in [9.17, 15) is 0 Å². The predicted octanol–water partition coefficient (Wildman–Crippen LogP) is 3.64. The van der Waals surface area contributed by atoms with Crippen LogP contribution in [0.15, 0.2) is 65.5 Å². The molecule has 0 radical (unpaired) electrons. The Bertz CT molecular complexity index is 677. The fraction of sp³-hybridized carbons (Fsp3) is 0.0667. The molecule has 20 heavy (non-hydrogen) atoms. The molecule has 100 valence electrons. The smallest absolute Gasteiger partial charge is 0.126 e. The molecule has 0 aliphatic rings. The number of aromatic nitrogens is 3. The minimum Gasteiger partial charge on any atom is -0.366 e. The van der Waals surface area contributed by atoms with Crippen LogP contribution in [0.4, 0.5) is 5.82 Å². The van der Waals surface area contributed by atoms with Gasteiger partial charge in [0, 0.05) is 29.0 Å². The molecule has 0 amide bonds. The summed E-state index contributed by atoms with van der Waals surface area (Å²) in [6.07, 6.45) is 5.65. The fourth-order valence-electron chi connectivity index (χ4n) is 1.85. The molecule has 0 aliphatic carbocycles. The highest BCUT2D eigenvalue weighted by molar-refractivity contribution is 9.10. The van der Waals surface area contributed by atoms with Crippen LogP contribution in [0.2, 0.25) is 0 Å². The predicted molar refractivity (Wildman–Crippen MR) is 82.8 cm³/mol. The number of hydrogen-bond donors (Lipinski definition) is 1. The lowest BCUT2D eigenvalue weighted by atomic mass is 10.3. The summed E-state index contributed by atoms with van der Waals surface area (Å²) in [7, 11) is 0. The number of hydrogen-bond acceptors (Lipinski definition) is 3. The van der Waals surface area contributed by atoms with E-state index in [-0.39, 0.29) is 0 Å². The first-order chi connectivity index (χ1) is 9.81. The average Bonchev–Trinajstić information content (AvgIpc) is 2.97. The summed E-state index contributed by atoms with van der Waals surface area (Å²) in [4.78, 5) is 4.27. The minimum atomic E-state index is 0.696. The standard InChI is InChI=1S/C15H13BrN4/c16-13-6-7-15(18-10-13)17-8-12-9-19-20(11-12)14-4-2-1-3-5-14/h1-7,9-11H,8H2,(H,17,18). The molecule has 3 aromatic rings. The van der Waals surface area contributed by atoms with Gasteiger partial charge in [-0.2, -0.15) is 5.10 Å². The number of nitrogens with zero attached hydrogens (tertiary/aromatic N) is 3. The molecule has 0 saturated heterocycles. The van der Waals surface area contributed by atoms with E-state index in [0.29, 0.717) is 6.54 Å². The van der Waals surface area contributed by atoms with Crippen LogP contribution >= 0.6 is 15.9 Å². The Hall–Kier alpha value is -2.14. The number of para-hydroxylation sites is 1. The van der Waals surface area contributed by atoms with E-state index >= 15 is 0 Å². The molecule has 2 aromatic heterocycles. The van der Waals surface area contributed by atoms with Gasteiger partial charge in [0.05, 0.1) is 11.9 Å². The first-order valence-electron chi connectivity index (χ1n) is 6.26. The molecule has 3 rings (SSSR count). The van der Waals surface area contributed by atoms with Crippen LogP contribution in [0.5, 0.6) is 0 Å². The van der Waals surface area contributed by atoms with E-state index in [1.807, 2.05) is 59.5 Å². The summed E-state index contributed by atoms with van der Waals surface area (Å²) in [5.41, 5.74) is 2.17. The van der Waals surface area contributed by atoms with Crippen LogP contribution in [-0.4, -0.2) is 14.8 Å². The number of rotatable bonds is 4. The van der Waals surface area contributed by atoms with Crippen LogP contribution in [0, 0.1) is 0 Å². The van der Waals surface area contributed by atoms with E-state index in [1.54, 1.807) is 6.20 Å². The lowest BCUT2D eigenvalue weighted by molar-refractivity contribution is 0.880. The Labute approximate surface area is 125 Å². The highest BCUT2D eigenvalue weighted by Gasteiger charge is 2.01. The first kappa shape index (κ1) is 12.9. The lowest BCUT2D eigenvalue weighted by Crippen LogP contribution is -2.00. The maximum Gasteiger partial charge on any atom is 0.126 e. The Morgan fingerprint density at radius 2 is 1.90 bits per heavy atom. The molecule has 1 aromatic carbocycles. The lowest BCUT2D eigenvalue weighted by Gasteiger charge is -2.03. The molecular weight excluding hydrogens is 316 g/mol. The summed E-state index contributed by atoms with van der Waals surface area (Å²) in [5.74, 6) is 0.848. The Morgan fingerprint density at radius 1 is 1.05 bits per heavy atom. The van der Waals surface area contributed by atoms with Gasteiger partial charge in [0.2, 0.25) is 0 Å². The van der Waals surface area contributed by atoms with Crippen molar-refractivity contribution in [2.24, 2.45) is 0 Å². The second kappa shape index (κ2) is 5.88. The van der Waals surface area contributed by atoms with Crippen molar-refractivity contribution in [3.63, 3.8) is 0 Å². The summed E-state index contributed by atoms with van der Waals surface area (Å²) >= 11 is 3.37. The number of anilines is 1. The van der Waals surface area contributed by atoms with Crippen LogP contribution in [0.3, 0.4) is 0 Å². The first-order valence-corrected chi connectivity index (χ1v) is 7.05. The normalized spacial score (nSPS) is 10.4. The summed E-state index contributed by atoms with van der Waals surface area (Å²) in [6, 6.07) is 13.9.